The van der Waals surface area contributed by atoms with Crippen molar-refractivity contribution in [3.05, 3.63) is 47.3 Å². The SMILES string of the molecule is OCc1cn(C[C@H]2OC[C@H](O)[C@H]2NCc2ccc(F)c(F)c2)nn1. The topological polar surface area (TPSA) is 92.4 Å². The molecule has 0 unspecified atom stereocenters. The fourth-order valence-corrected chi connectivity index (χ4v) is 2.68. The van der Waals surface area contributed by atoms with Gasteiger partial charge in [0.2, 0.25) is 0 Å². The van der Waals surface area contributed by atoms with Crippen molar-refractivity contribution in [2.24, 2.45) is 0 Å². The Bertz CT molecular complexity index is 697. The van der Waals surface area contributed by atoms with Crippen LogP contribution in [0.15, 0.2) is 24.4 Å². The average molecular weight is 340 g/mol. The Morgan fingerprint density at radius 1 is 1.33 bits per heavy atom. The van der Waals surface area contributed by atoms with Crippen molar-refractivity contribution >= 4 is 0 Å². The highest BCUT2D eigenvalue weighted by atomic mass is 19.2. The molecule has 0 saturated carbocycles. The van der Waals surface area contributed by atoms with E-state index in [1.54, 1.807) is 6.20 Å². The second kappa shape index (κ2) is 7.31. The first-order valence-electron chi connectivity index (χ1n) is 7.53. The standard InChI is InChI=1S/C15H18F2N4O3/c16-11-2-1-9(3-12(11)17)4-18-15-13(23)8-24-14(15)6-21-5-10(7-22)19-20-21/h1-3,5,13-15,18,22-23H,4,6-8H2/t13-,14+,15+/m0/s1. The number of hydrogen-bond acceptors (Lipinski definition) is 6. The summed E-state index contributed by atoms with van der Waals surface area (Å²) in [6, 6.07) is 3.27. The number of aliphatic hydroxyl groups is 2. The molecule has 24 heavy (non-hydrogen) atoms. The molecule has 0 aliphatic carbocycles. The third kappa shape index (κ3) is 3.75. The molecule has 0 spiro atoms. The first kappa shape index (κ1) is 16.9. The molecule has 0 bridgehead atoms. The van der Waals surface area contributed by atoms with Crippen LogP contribution in [0.3, 0.4) is 0 Å². The van der Waals surface area contributed by atoms with Gasteiger partial charge in [0.05, 0.1) is 44.2 Å². The van der Waals surface area contributed by atoms with Crippen LogP contribution in [0.4, 0.5) is 8.78 Å². The number of aromatic nitrogens is 3. The number of aliphatic hydroxyl groups excluding tert-OH is 2. The van der Waals surface area contributed by atoms with E-state index in [0.29, 0.717) is 17.8 Å². The molecule has 3 atom stereocenters. The van der Waals surface area contributed by atoms with Gasteiger partial charge < -0.3 is 20.3 Å². The molecule has 2 aromatic rings. The number of ether oxygens (including phenoxy) is 1. The highest BCUT2D eigenvalue weighted by molar-refractivity contribution is 5.17. The quantitative estimate of drug-likeness (QED) is 0.684. The summed E-state index contributed by atoms with van der Waals surface area (Å²) in [5.41, 5.74) is 1.01. The molecule has 1 aromatic heterocycles. The van der Waals surface area contributed by atoms with Crippen LogP contribution < -0.4 is 5.32 Å². The normalized spacial score (nSPS) is 23.8. The third-order valence-corrected chi connectivity index (χ3v) is 3.94. The summed E-state index contributed by atoms with van der Waals surface area (Å²) in [6.45, 7) is 0.575. The minimum Gasteiger partial charge on any atom is -0.390 e. The predicted molar refractivity (Wildman–Crippen MR) is 78.7 cm³/mol. The number of halogens is 2. The minimum absolute atomic E-state index is 0.168. The molecule has 1 aromatic carbocycles. The number of nitrogens with zero attached hydrogens (tertiary/aromatic N) is 3. The van der Waals surface area contributed by atoms with Gasteiger partial charge in [0.1, 0.15) is 5.69 Å². The van der Waals surface area contributed by atoms with Crippen molar-refractivity contribution in [1.82, 2.24) is 20.3 Å². The zero-order chi connectivity index (χ0) is 17.1. The molecule has 3 rings (SSSR count). The molecule has 1 aliphatic rings. The van der Waals surface area contributed by atoms with Gasteiger partial charge in [-0.2, -0.15) is 0 Å². The van der Waals surface area contributed by atoms with Crippen LogP contribution in [0.25, 0.3) is 0 Å². The molecule has 1 aliphatic heterocycles. The second-order valence-electron chi connectivity index (χ2n) is 5.68. The maximum atomic E-state index is 13.2. The van der Waals surface area contributed by atoms with E-state index in [1.165, 1.54) is 10.7 Å². The molecule has 0 amide bonds. The van der Waals surface area contributed by atoms with Crippen molar-refractivity contribution in [1.29, 1.82) is 0 Å². The molecule has 130 valence electrons. The Morgan fingerprint density at radius 2 is 2.17 bits per heavy atom. The lowest BCUT2D eigenvalue weighted by Crippen LogP contribution is -2.45. The van der Waals surface area contributed by atoms with Crippen LogP contribution in [0.2, 0.25) is 0 Å². The number of nitrogens with one attached hydrogen (secondary N) is 1. The second-order valence-corrected chi connectivity index (χ2v) is 5.68. The summed E-state index contributed by atoms with van der Waals surface area (Å²) in [7, 11) is 0. The Hall–Kier alpha value is -1.94. The van der Waals surface area contributed by atoms with Crippen LogP contribution >= 0.6 is 0 Å². The van der Waals surface area contributed by atoms with Crippen LogP contribution in [-0.2, 0) is 24.4 Å². The number of rotatable bonds is 6. The molecule has 1 saturated heterocycles. The van der Waals surface area contributed by atoms with E-state index in [1.807, 2.05) is 0 Å². The highest BCUT2D eigenvalue weighted by Gasteiger charge is 2.36. The van der Waals surface area contributed by atoms with Gasteiger partial charge >= 0.3 is 0 Å². The number of benzene rings is 1. The minimum atomic E-state index is -0.909. The van der Waals surface area contributed by atoms with Gasteiger partial charge in [-0.05, 0) is 17.7 Å². The lowest BCUT2D eigenvalue weighted by atomic mass is 10.1. The first-order chi connectivity index (χ1) is 11.6. The summed E-state index contributed by atoms with van der Waals surface area (Å²) in [5.74, 6) is -1.81. The predicted octanol–water partition coefficient (Wildman–Crippen LogP) is -0.0333. The van der Waals surface area contributed by atoms with Crippen molar-refractivity contribution in [3.63, 3.8) is 0 Å². The summed E-state index contributed by atoms with van der Waals surface area (Å²) >= 11 is 0. The maximum absolute atomic E-state index is 13.2. The highest BCUT2D eigenvalue weighted by Crippen LogP contribution is 2.17. The van der Waals surface area contributed by atoms with Crippen molar-refractivity contribution in [2.75, 3.05) is 6.61 Å². The molecule has 0 radical (unpaired) electrons. The Labute approximate surface area is 136 Å². The van der Waals surface area contributed by atoms with Crippen LogP contribution in [-0.4, -0.2) is 50.1 Å². The van der Waals surface area contributed by atoms with Crippen molar-refractivity contribution < 1.29 is 23.7 Å². The zero-order valence-electron chi connectivity index (χ0n) is 12.8. The van der Waals surface area contributed by atoms with E-state index in [9.17, 15) is 13.9 Å². The molecule has 9 heteroatoms. The molecule has 1 fully saturated rings. The van der Waals surface area contributed by atoms with Crippen LogP contribution in [0, 0.1) is 11.6 Å². The molecule has 3 N–H and O–H groups in total. The van der Waals surface area contributed by atoms with E-state index in [-0.39, 0.29) is 31.9 Å². The molecule has 7 nitrogen and oxygen atoms in total. The van der Waals surface area contributed by atoms with Gasteiger partial charge in [-0.1, -0.05) is 11.3 Å². The first-order valence-corrected chi connectivity index (χ1v) is 7.53. The Kier molecular flexibility index (Phi) is 5.14. The van der Waals surface area contributed by atoms with E-state index < -0.39 is 17.7 Å². The van der Waals surface area contributed by atoms with Crippen molar-refractivity contribution in [2.45, 2.75) is 37.9 Å². The van der Waals surface area contributed by atoms with Gasteiger partial charge in [0.25, 0.3) is 0 Å². The van der Waals surface area contributed by atoms with Gasteiger partial charge in [-0.3, -0.25) is 0 Å². The van der Waals surface area contributed by atoms with Gasteiger partial charge in [-0.25, -0.2) is 13.5 Å². The van der Waals surface area contributed by atoms with E-state index in [2.05, 4.69) is 15.6 Å². The largest absolute Gasteiger partial charge is 0.390 e. The average Bonchev–Trinajstić information content (AvgIpc) is 3.16. The molecular weight excluding hydrogens is 322 g/mol. The van der Waals surface area contributed by atoms with E-state index >= 15 is 0 Å². The Morgan fingerprint density at radius 3 is 2.88 bits per heavy atom. The summed E-state index contributed by atoms with van der Waals surface area (Å²) < 4.78 is 33.3. The molecule has 2 heterocycles. The molecular formula is C15H18F2N4O3. The Balaban J connectivity index is 1.62. The lowest BCUT2D eigenvalue weighted by Gasteiger charge is -2.21. The summed E-state index contributed by atoms with van der Waals surface area (Å²) in [4.78, 5) is 0. The maximum Gasteiger partial charge on any atom is 0.159 e. The monoisotopic (exact) mass is 340 g/mol. The van der Waals surface area contributed by atoms with Gasteiger partial charge in [-0.15, -0.1) is 5.10 Å². The van der Waals surface area contributed by atoms with E-state index in [4.69, 9.17) is 9.84 Å². The van der Waals surface area contributed by atoms with Crippen LogP contribution in [0.1, 0.15) is 11.3 Å². The van der Waals surface area contributed by atoms with Crippen molar-refractivity contribution in [3.8, 4) is 0 Å². The van der Waals surface area contributed by atoms with E-state index in [0.717, 1.165) is 12.1 Å². The zero-order valence-corrected chi connectivity index (χ0v) is 12.8. The van der Waals surface area contributed by atoms with Gasteiger partial charge in [0.15, 0.2) is 11.6 Å². The lowest BCUT2D eigenvalue weighted by molar-refractivity contribution is 0.0741. The van der Waals surface area contributed by atoms with Crippen LogP contribution in [0.5, 0.6) is 0 Å². The van der Waals surface area contributed by atoms with Gasteiger partial charge in [0, 0.05) is 6.54 Å². The third-order valence-electron chi connectivity index (χ3n) is 3.94. The fraction of sp³-hybridized carbons (Fsp3) is 0.467. The fourth-order valence-electron chi connectivity index (χ4n) is 2.68. The number of hydrogen-bond donors (Lipinski definition) is 3. The summed E-state index contributed by atoms with van der Waals surface area (Å²) in [6.07, 6.45) is 0.514. The summed E-state index contributed by atoms with van der Waals surface area (Å²) in [5, 5.41) is 29.8. The smallest absolute Gasteiger partial charge is 0.159 e.